The fraction of sp³-hybridized carbons (Fsp3) is 0.688. The number of rotatable bonds is 3. The van der Waals surface area contributed by atoms with Crippen molar-refractivity contribution in [2.75, 3.05) is 6.54 Å². The van der Waals surface area contributed by atoms with Gasteiger partial charge in [0.15, 0.2) is 0 Å². The van der Waals surface area contributed by atoms with Crippen LogP contribution in [0.2, 0.25) is 0 Å². The van der Waals surface area contributed by atoms with Gasteiger partial charge < -0.3 is 10.4 Å². The molecule has 2 aliphatic rings. The Labute approximate surface area is 115 Å². The van der Waals surface area contributed by atoms with Gasteiger partial charge in [0, 0.05) is 12.7 Å². The van der Waals surface area contributed by atoms with Crippen molar-refractivity contribution < 1.29 is 5.11 Å². The highest BCUT2D eigenvalue weighted by atomic mass is 16.3. The molecule has 3 heteroatoms. The smallest absolute Gasteiger partial charge is 0.0771 e. The molecule has 0 bridgehead atoms. The van der Waals surface area contributed by atoms with Crippen LogP contribution in [0.15, 0.2) is 18.3 Å². The molecule has 0 amide bonds. The van der Waals surface area contributed by atoms with Crippen LogP contribution < -0.4 is 5.32 Å². The average Bonchev–Trinajstić information content (AvgIpc) is 2.72. The van der Waals surface area contributed by atoms with Gasteiger partial charge in [0.1, 0.15) is 0 Å². The van der Waals surface area contributed by atoms with Crippen LogP contribution >= 0.6 is 0 Å². The fourth-order valence-electron chi connectivity index (χ4n) is 3.49. The minimum atomic E-state index is -0.492. The lowest BCUT2D eigenvalue weighted by Crippen LogP contribution is -2.41. The van der Waals surface area contributed by atoms with Crippen molar-refractivity contribution in [2.45, 2.75) is 63.0 Å². The molecular weight excluding hydrogens is 236 g/mol. The molecule has 1 aromatic rings. The van der Waals surface area contributed by atoms with Gasteiger partial charge in [0.05, 0.1) is 17.3 Å². The third-order valence-electron chi connectivity index (χ3n) is 4.67. The van der Waals surface area contributed by atoms with Crippen LogP contribution in [0, 0.1) is 0 Å². The maximum atomic E-state index is 10.7. The molecule has 1 atom stereocenters. The molecule has 0 spiro atoms. The highest BCUT2D eigenvalue weighted by Crippen LogP contribution is 2.31. The van der Waals surface area contributed by atoms with Crippen LogP contribution in [-0.4, -0.2) is 22.2 Å². The number of hydrogen-bond acceptors (Lipinski definition) is 3. The van der Waals surface area contributed by atoms with Crippen LogP contribution in [0.4, 0.5) is 0 Å². The van der Waals surface area contributed by atoms with Gasteiger partial charge in [0.25, 0.3) is 0 Å². The Bertz CT molecular complexity index is 425. The van der Waals surface area contributed by atoms with E-state index in [0.29, 0.717) is 12.6 Å². The van der Waals surface area contributed by atoms with E-state index in [0.717, 1.165) is 38.5 Å². The number of hydrogen-bond donors (Lipinski definition) is 2. The van der Waals surface area contributed by atoms with Gasteiger partial charge in [-0.2, -0.15) is 0 Å². The summed E-state index contributed by atoms with van der Waals surface area (Å²) in [5, 5.41) is 14.2. The van der Waals surface area contributed by atoms with Crippen molar-refractivity contribution in [3.63, 3.8) is 0 Å². The lowest BCUT2D eigenvalue weighted by Gasteiger charge is -2.28. The number of aromatic nitrogens is 1. The van der Waals surface area contributed by atoms with E-state index in [1.807, 2.05) is 12.3 Å². The number of nitrogens with one attached hydrogen (secondary N) is 1. The Hall–Kier alpha value is -0.930. The van der Waals surface area contributed by atoms with Crippen molar-refractivity contribution in [1.29, 1.82) is 0 Å². The summed E-state index contributed by atoms with van der Waals surface area (Å²) in [5.74, 6) is 0. The molecule has 0 radical (unpaired) electrons. The molecule has 1 unspecified atom stereocenters. The zero-order valence-corrected chi connectivity index (χ0v) is 11.6. The summed E-state index contributed by atoms with van der Waals surface area (Å²) in [5.41, 5.74) is 2.07. The zero-order valence-electron chi connectivity index (χ0n) is 11.6. The lowest BCUT2D eigenvalue weighted by atomic mass is 9.94. The van der Waals surface area contributed by atoms with Crippen molar-refractivity contribution in [2.24, 2.45) is 0 Å². The maximum absolute atomic E-state index is 10.7. The van der Waals surface area contributed by atoms with Gasteiger partial charge in [-0.05, 0) is 37.3 Å². The third kappa shape index (κ3) is 2.98. The van der Waals surface area contributed by atoms with E-state index in [4.69, 9.17) is 0 Å². The minimum absolute atomic E-state index is 0.337. The van der Waals surface area contributed by atoms with Crippen molar-refractivity contribution >= 4 is 0 Å². The van der Waals surface area contributed by atoms with E-state index in [1.54, 1.807) is 0 Å². The van der Waals surface area contributed by atoms with E-state index in [2.05, 4.69) is 16.4 Å². The first kappa shape index (κ1) is 13.1. The summed E-state index contributed by atoms with van der Waals surface area (Å²) >= 11 is 0. The Kier molecular flexibility index (Phi) is 3.85. The number of aryl methyl sites for hydroxylation is 1. The van der Waals surface area contributed by atoms with Gasteiger partial charge in [-0.1, -0.05) is 31.7 Å². The van der Waals surface area contributed by atoms with Crippen LogP contribution in [0.5, 0.6) is 0 Å². The largest absolute Gasteiger partial charge is 0.389 e. The molecule has 19 heavy (non-hydrogen) atoms. The van der Waals surface area contributed by atoms with Gasteiger partial charge in [0.2, 0.25) is 0 Å². The van der Waals surface area contributed by atoms with Crippen molar-refractivity contribution in [3.05, 3.63) is 29.6 Å². The SMILES string of the molecule is OC1(CNC2CCc3cccnc32)CCCCCC1. The first-order valence-corrected chi connectivity index (χ1v) is 7.66. The van der Waals surface area contributed by atoms with E-state index < -0.39 is 5.60 Å². The first-order valence-electron chi connectivity index (χ1n) is 7.66. The lowest BCUT2D eigenvalue weighted by molar-refractivity contribution is 0.0226. The molecule has 1 fully saturated rings. The topological polar surface area (TPSA) is 45.1 Å². The van der Waals surface area contributed by atoms with Gasteiger partial charge in [-0.3, -0.25) is 4.98 Å². The molecule has 0 aliphatic heterocycles. The molecule has 1 saturated carbocycles. The minimum Gasteiger partial charge on any atom is -0.389 e. The predicted octanol–water partition coefficient (Wildman–Crippen LogP) is 2.74. The number of aliphatic hydroxyl groups is 1. The van der Waals surface area contributed by atoms with Gasteiger partial charge in [-0.15, -0.1) is 0 Å². The highest BCUT2D eigenvalue weighted by Gasteiger charge is 2.30. The maximum Gasteiger partial charge on any atom is 0.0771 e. The first-order chi connectivity index (χ1) is 9.27. The third-order valence-corrected chi connectivity index (χ3v) is 4.67. The second-order valence-corrected chi connectivity index (χ2v) is 6.16. The molecule has 2 aliphatic carbocycles. The van der Waals surface area contributed by atoms with E-state index in [1.165, 1.54) is 24.1 Å². The Morgan fingerprint density at radius 3 is 2.84 bits per heavy atom. The second kappa shape index (κ2) is 5.59. The Morgan fingerprint density at radius 2 is 2.05 bits per heavy atom. The fourth-order valence-corrected chi connectivity index (χ4v) is 3.49. The molecule has 3 rings (SSSR count). The molecule has 0 saturated heterocycles. The Balaban J connectivity index is 1.61. The number of pyridine rings is 1. The van der Waals surface area contributed by atoms with Gasteiger partial charge >= 0.3 is 0 Å². The molecule has 0 aromatic carbocycles. The summed E-state index contributed by atoms with van der Waals surface area (Å²) in [4.78, 5) is 4.50. The summed E-state index contributed by atoms with van der Waals surface area (Å²) in [7, 11) is 0. The van der Waals surface area contributed by atoms with E-state index in [9.17, 15) is 5.11 Å². The summed E-state index contributed by atoms with van der Waals surface area (Å²) in [6.45, 7) is 0.716. The van der Waals surface area contributed by atoms with Crippen LogP contribution in [-0.2, 0) is 6.42 Å². The van der Waals surface area contributed by atoms with Crippen LogP contribution in [0.3, 0.4) is 0 Å². The molecule has 104 valence electrons. The normalized spacial score (nSPS) is 25.8. The quantitative estimate of drug-likeness (QED) is 0.821. The average molecular weight is 260 g/mol. The Morgan fingerprint density at radius 1 is 1.26 bits per heavy atom. The molecule has 2 N–H and O–H groups in total. The summed E-state index contributed by atoms with van der Waals surface area (Å²) in [6, 6.07) is 4.52. The van der Waals surface area contributed by atoms with Crippen molar-refractivity contribution in [3.8, 4) is 0 Å². The van der Waals surface area contributed by atoms with E-state index >= 15 is 0 Å². The van der Waals surface area contributed by atoms with Crippen molar-refractivity contribution in [1.82, 2.24) is 10.3 Å². The van der Waals surface area contributed by atoms with Gasteiger partial charge in [-0.25, -0.2) is 0 Å². The summed E-state index contributed by atoms with van der Waals surface area (Å²) in [6.07, 6.45) is 10.9. The predicted molar refractivity (Wildman–Crippen MR) is 76.0 cm³/mol. The molecule has 3 nitrogen and oxygen atoms in total. The summed E-state index contributed by atoms with van der Waals surface area (Å²) < 4.78 is 0. The number of nitrogens with zero attached hydrogens (tertiary/aromatic N) is 1. The second-order valence-electron chi connectivity index (χ2n) is 6.16. The van der Waals surface area contributed by atoms with Crippen LogP contribution in [0.1, 0.15) is 62.2 Å². The standard InChI is InChI=1S/C16H24N2O/c19-16(9-3-1-2-4-10-16)12-18-14-8-7-13-6-5-11-17-15(13)14/h5-6,11,14,18-19H,1-4,7-10,12H2. The molecule has 1 heterocycles. The number of fused-ring (bicyclic) bond motifs is 1. The molecule has 1 aromatic heterocycles. The van der Waals surface area contributed by atoms with E-state index in [-0.39, 0.29) is 0 Å². The monoisotopic (exact) mass is 260 g/mol. The highest BCUT2D eigenvalue weighted by molar-refractivity contribution is 5.27. The van der Waals surface area contributed by atoms with Crippen LogP contribution in [0.25, 0.3) is 0 Å². The molecular formula is C16H24N2O. The zero-order chi connectivity index (χ0) is 13.1.